The molecule has 1 saturated heterocycles. The van der Waals surface area contributed by atoms with Crippen LogP contribution in [0.2, 0.25) is 0 Å². The molecule has 2 fully saturated rings. The first kappa shape index (κ1) is 20.2. The number of hydrogen-bond donors (Lipinski definition) is 3. The summed E-state index contributed by atoms with van der Waals surface area (Å²) in [4.78, 5) is 28.4. The molecule has 34 heavy (non-hydrogen) atoms. The van der Waals surface area contributed by atoms with Gasteiger partial charge < -0.3 is 10.6 Å². The van der Waals surface area contributed by atoms with Crippen molar-refractivity contribution in [3.8, 4) is 5.69 Å². The normalized spacial score (nSPS) is 16.9. The number of carbonyl (C=O) groups is 2. The molecule has 4 heterocycles. The van der Waals surface area contributed by atoms with E-state index in [0.717, 1.165) is 23.7 Å². The zero-order valence-electron chi connectivity index (χ0n) is 18.2. The van der Waals surface area contributed by atoms with E-state index in [1.165, 1.54) is 12.8 Å². The van der Waals surface area contributed by atoms with Crippen molar-refractivity contribution in [1.82, 2.24) is 29.7 Å². The predicted octanol–water partition coefficient (Wildman–Crippen LogP) is 2.91. The maximum atomic E-state index is 12.0. The van der Waals surface area contributed by atoms with Gasteiger partial charge in [-0.3, -0.25) is 14.9 Å². The SMILES string of the molecule is O=C1C/C(=C\c2cnn3c(NCC4CC4)cc(Nc4ccc(-n5cccn5)cc4)nc23)C(=O)N1. The van der Waals surface area contributed by atoms with Gasteiger partial charge in [-0.05, 0) is 55.2 Å². The van der Waals surface area contributed by atoms with E-state index in [0.29, 0.717) is 28.5 Å². The number of rotatable bonds is 7. The fourth-order valence-corrected chi connectivity index (χ4v) is 3.92. The minimum absolute atomic E-state index is 0.0590. The molecule has 3 aromatic heterocycles. The minimum atomic E-state index is -0.372. The van der Waals surface area contributed by atoms with Gasteiger partial charge in [-0.1, -0.05) is 0 Å². The van der Waals surface area contributed by atoms with Crippen molar-refractivity contribution in [3.05, 3.63) is 66.1 Å². The Hall–Kier alpha value is -4.47. The van der Waals surface area contributed by atoms with E-state index in [9.17, 15) is 9.59 Å². The van der Waals surface area contributed by atoms with Gasteiger partial charge >= 0.3 is 0 Å². The average molecular weight is 454 g/mol. The molecular weight excluding hydrogens is 432 g/mol. The summed E-state index contributed by atoms with van der Waals surface area (Å²) < 4.78 is 3.53. The number of hydrogen-bond acceptors (Lipinski definition) is 7. The van der Waals surface area contributed by atoms with Crippen LogP contribution in [0.3, 0.4) is 0 Å². The highest BCUT2D eigenvalue weighted by Crippen LogP contribution is 2.30. The number of imide groups is 1. The van der Waals surface area contributed by atoms with E-state index < -0.39 is 0 Å². The van der Waals surface area contributed by atoms with Crippen LogP contribution in [0, 0.1) is 5.92 Å². The van der Waals surface area contributed by atoms with Crippen LogP contribution in [0.5, 0.6) is 0 Å². The summed E-state index contributed by atoms with van der Waals surface area (Å²) >= 11 is 0. The lowest BCUT2D eigenvalue weighted by atomic mass is 10.1. The second-order valence-electron chi connectivity index (χ2n) is 8.53. The Bertz CT molecular complexity index is 1420. The van der Waals surface area contributed by atoms with Crippen molar-refractivity contribution in [3.63, 3.8) is 0 Å². The van der Waals surface area contributed by atoms with Crippen molar-refractivity contribution >= 4 is 40.9 Å². The van der Waals surface area contributed by atoms with Gasteiger partial charge in [0.15, 0.2) is 5.65 Å². The van der Waals surface area contributed by atoms with Gasteiger partial charge in [0.25, 0.3) is 5.91 Å². The zero-order chi connectivity index (χ0) is 23.1. The molecule has 10 nitrogen and oxygen atoms in total. The number of nitrogens with one attached hydrogen (secondary N) is 3. The van der Waals surface area contributed by atoms with Crippen LogP contribution in [0.1, 0.15) is 24.8 Å². The quantitative estimate of drug-likeness (QED) is 0.290. The Morgan fingerprint density at radius 1 is 1.15 bits per heavy atom. The molecule has 4 aromatic rings. The Morgan fingerprint density at radius 2 is 2.00 bits per heavy atom. The van der Waals surface area contributed by atoms with Crippen LogP contribution in [0.25, 0.3) is 17.4 Å². The highest BCUT2D eigenvalue weighted by molar-refractivity contribution is 6.15. The van der Waals surface area contributed by atoms with Crippen molar-refractivity contribution in [2.75, 3.05) is 17.2 Å². The number of fused-ring (bicyclic) bond motifs is 1. The molecular formula is C24H22N8O2. The number of anilines is 3. The van der Waals surface area contributed by atoms with Crippen LogP contribution in [-0.4, -0.2) is 42.7 Å². The standard InChI is InChI=1S/C24H22N8O2/c33-22-11-16(24(34)30-22)10-17-14-27-32-21(25-13-15-2-3-15)12-20(29-23(17)32)28-18-4-6-19(7-5-18)31-9-1-8-26-31/h1,4-10,12,14-15,25H,2-3,11,13H2,(H,28,29)(H,30,33,34)/b16-10+. The third kappa shape index (κ3) is 4.01. The Balaban J connectivity index is 1.34. The molecule has 0 spiro atoms. The van der Waals surface area contributed by atoms with Crippen molar-refractivity contribution < 1.29 is 9.59 Å². The number of benzene rings is 1. The van der Waals surface area contributed by atoms with Gasteiger partial charge in [0, 0.05) is 41.8 Å². The Morgan fingerprint density at radius 3 is 2.71 bits per heavy atom. The van der Waals surface area contributed by atoms with Gasteiger partial charge in [-0.25, -0.2) is 9.67 Å². The maximum Gasteiger partial charge on any atom is 0.254 e. The molecule has 1 aliphatic heterocycles. The topological polar surface area (TPSA) is 118 Å². The highest BCUT2D eigenvalue weighted by Gasteiger charge is 2.25. The summed E-state index contributed by atoms with van der Waals surface area (Å²) in [6.07, 6.45) is 9.50. The molecule has 3 N–H and O–H groups in total. The van der Waals surface area contributed by atoms with Crippen molar-refractivity contribution in [2.24, 2.45) is 5.92 Å². The number of aromatic nitrogens is 5. The molecule has 10 heteroatoms. The molecule has 2 amide bonds. The first-order chi connectivity index (χ1) is 16.6. The van der Waals surface area contributed by atoms with Crippen LogP contribution < -0.4 is 16.0 Å². The first-order valence-electron chi connectivity index (χ1n) is 11.2. The van der Waals surface area contributed by atoms with E-state index in [1.807, 2.05) is 42.6 Å². The third-order valence-electron chi connectivity index (χ3n) is 5.90. The number of amides is 2. The average Bonchev–Trinajstić information content (AvgIpc) is 3.18. The Labute approximate surface area is 194 Å². The van der Waals surface area contributed by atoms with Crippen LogP contribution in [0.4, 0.5) is 17.3 Å². The van der Waals surface area contributed by atoms with Gasteiger partial charge in [0.1, 0.15) is 11.6 Å². The second kappa shape index (κ2) is 8.14. The third-order valence-corrected chi connectivity index (χ3v) is 5.90. The summed E-state index contributed by atoms with van der Waals surface area (Å²) in [5.74, 6) is 1.46. The first-order valence-corrected chi connectivity index (χ1v) is 11.2. The van der Waals surface area contributed by atoms with Crippen LogP contribution in [-0.2, 0) is 9.59 Å². The smallest absolute Gasteiger partial charge is 0.254 e. The molecule has 170 valence electrons. The van der Waals surface area contributed by atoms with Crippen molar-refractivity contribution in [1.29, 1.82) is 0 Å². The van der Waals surface area contributed by atoms with Crippen LogP contribution >= 0.6 is 0 Å². The molecule has 1 aliphatic carbocycles. The summed E-state index contributed by atoms with van der Waals surface area (Å²) in [5, 5.41) is 17.9. The fourth-order valence-electron chi connectivity index (χ4n) is 3.92. The zero-order valence-corrected chi connectivity index (χ0v) is 18.2. The van der Waals surface area contributed by atoms with Gasteiger partial charge in [-0.2, -0.15) is 14.7 Å². The molecule has 0 unspecified atom stereocenters. The number of nitrogens with zero attached hydrogens (tertiary/aromatic N) is 5. The van der Waals surface area contributed by atoms with E-state index >= 15 is 0 Å². The molecule has 0 radical (unpaired) electrons. The molecule has 0 bridgehead atoms. The van der Waals surface area contributed by atoms with E-state index in [-0.39, 0.29) is 18.2 Å². The largest absolute Gasteiger partial charge is 0.370 e. The Kier molecular flexibility index (Phi) is 4.83. The highest BCUT2D eigenvalue weighted by atomic mass is 16.2. The summed E-state index contributed by atoms with van der Waals surface area (Å²) in [6.45, 7) is 0.865. The van der Waals surface area contributed by atoms with E-state index in [2.05, 4.69) is 26.1 Å². The lowest BCUT2D eigenvalue weighted by Crippen LogP contribution is -2.19. The maximum absolute atomic E-state index is 12.0. The predicted molar refractivity (Wildman–Crippen MR) is 127 cm³/mol. The summed E-state index contributed by atoms with van der Waals surface area (Å²) in [5.41, 5.74) is 3.51. The lowest BCUT2D eigenvalue weighted by molar-refractivity contribution is -0.124. The molecule has 6 rings (SSSR count). The van der Waals surface area contributed by atoms with Gasteiger partial charge in [0.2, 0.25) is 5.91 Å². The molecule has 0 atom stereocenters. The summed E-state index contributed by atoms with van der Waals surface area (Å²) in [6, 6.07) is 11.7. The minimum Gasteiger partial charge on any atom is -0.370 e. The lowest BCUT2D eigenvalue weighted by Gasteiger charge is -2.12. The molecule has 1 aromatic carbocycles. The van der Waals surface area contributed by atoms with Gasteiger partial charge in [-0.15, -0.1) is 0 Å². The molecule has 2 aliphatic rings. The fraction of sp³-hybridized carbons (Fsp3) is 0.208. The molecule has 1 saturated carbocycles. The van der Waals surface area contributed by atoms with Gasteiger partial charge in [0.05, 0.1) is 18.3 Å². The van der Waals surface area contributed by atoms with E-state index in [4.69, 9.17) is 4.98 Å². The van der Waals surface area contributed by atoms with E-state index in [1.54, 1.807) is 27.7 Å². The second-order valence-corrected chi connectivity index (χ2v) is 8.53. The monoisotopic (exact) mass is 454 g/mol. The summed E-state index contributed by atoms with van der Waals surface area (Å²) in [7, 11) is 0. The van der Waals surface area contributed by atoms with Crippen LogP contribution in [0.15, 0.2) is 60.6 Å². The van der Waals surface area contributed by atoms with Crippen molar-refractivity contribution in [2.45, 2.75) is 19.3 Å². The number of carbonyl (C=O) groups excluding carboxylic acids is 2.